The largest absolute Gasteiger partial charge is 0.475 e. The lowest BCUT2D eigenvalue weighted by molar-refractivity contribution is -0.131. The van der Waals surface area contributed by atoms with Crippen molar-refractivity contribution in [1.29, 1.82) is 0 Å². The molecule has 2 aromatic rings. The van der Waals surface area contributed by atoms with Gasteiger partial charge in [-0.1, -0.05) is 26.0 Å². The van der Waals surface area contributed by atoms with E-state index < -0.39 is 11.8 Å². The third kappa shape index (κ3) is 2.61. The maximum Gasteiger partial charge on any atom is 0.378 e. The number of aromatic amines is 1. The molecule has 5 nitrogen and oxygen atoms in total. The number of H-pyrrole nitrogens is 1. The molecule has 0 amide bonds. The molecule has 5 heteroatoms. The summed E-state index contributed by atoms with van der Waals surface area (Å²) in [6, 6.07) is 6.05. The number of aryl methyl sites for hydroxylation is 1. The van der Waals surface area contributed by atoms with Crippen LogP contribution in [0.4, 0.5) is 0 Å². The van der Waals surface area contributed by atoms with Gasteiger partial charge in [-0.05, 0) is 30.0 Å². The Labute approximate surface area is 116 Å². The molecular formula is C15H16N2O3. The number of nitrogens with one attached hydrogen (secondary N) is 1. The highest BCUT2D eigenvalue weighted by Gasteiger charge is 2.18. The number of carbonyl (C=O) groups is 2. The van der Waals surface area contributed by atoms with Gasteiger partial charge >= 0.3 is 5.97 Å². The van der Waals surface area contributed by atoms with Crippen LogP contribution in [-0.4, -0.2) is 26.8 Å². The van der Waals surface area contributed by atoms with Crippen molar-refractivity contribution < 1.29 is 14.7 Å². The van der Waals surface area contributed by atoms with Gasteiger partial charge in [0.1, 0.15) is 11.5 Å². The fraction of sp³-hybridized carbons (Fsp3) is 0.267. The summed E-state index contributed by atoms with van der Waals surface area (Å²) in [7, 11) is 0. The van der Waals surface area contributed by atoms with Gasteiger partial charge in [0.15, 0.2) is 0 Å². The highest BCUT2D eigenvalue weighted by Crippen LogP contribution is 2.25. The zero-order valence-corrected chi connectivity index (χ0v) is 11.6. The maximum atomic E-state index is 11.4. The average molecular weight is 272 g/mol. The lowest BCUT2D eigenvalue weighted by Crippen LogP contribution is -2.12. The molecule has 20 heavy (non-hydrogen) atoms. The third-order valence-electron chi connectivity index (χ3n) is 3.20. The van der Waals surface area contributed by atoms with Crippen LogP contribution in [-0.2, 0) is 4.79 Å². The molecule has 0 saturated heterocycles. The Morgan fingerprint density at radius 1 is 1.30 bits per heavy atom. The summed E-state index contributed by atoms with van der Waals surface area (Å²) in [5.41, 5.74) is 3.04. The molecule has 1 aromatic carbocycles. The molecule has 1 aromatic heterocycles. The fourth-order valence-corrected chi connectivity index (χ4v) is 1.94. The van der Waals surface area contributed by atoms with Gasteiger partial charge in [-0.3, -0.25) is 4.79 Å². The Bertz CT molecular complexity index is 672. The van der Waals surface area contributed by atoms with Crippen molar-refractivity contribution in [3.63, 3.8) is 0 Å². The van der Waals surface area contributed by atoms with E-state index in [2.05, 4.69) is 29.9 Å². The summed E-state index contributed by atoms with van der Waals surface area (Å²) in [6.45, 7) is 6.13. The summed E-state index contributed by atoms with van der Waals surface area (Å²) < 4.78 is 0. The molecule has 0 unspecified atom stereocenters. The quantitative estimate of drug-likeness (QED) is 0.662. The molecular weight excluding hydrogens is 256 g/mol. The monoisotopic (exact) mass is 272 g/mol. The number of carboxylic acid groups (broad SMARTS) is 1. The number of hydrogen-bond acceptors (Lipinski definition) is 3. The van der Waals surface area contributed by atoms with E-state index in [9.17, 15) is 9.59 Å². The Morgan fingerprint density at radius 3 is 2.60 bits per heavy atom. The first kappa shape index (κ1) is 14.0. The van der Waals surface area contributed by atoms with Gasteiger partial charge in [0.2, 0.25) is 0 Å². The van der Waals surface area contributed by atoms with Gasteiger partial charge in [-0.2, -0.15) is 0 Å². The molecule has 2 rings (SSSR count). The standard InChI is InChI=1S/C15H16N2O3/c1-8(2)10-5-4-9(3)11(6-10)14-16-7-12(17-14)13(18)15(19)20/h4-8H,1-3H3,(H,16,17)(H,19,20). The van der Waals surface area contributed by atoms with E-state index >= 15 is 0 Å². The molecule has 0 spiro atoms. The molecule has 0 aliphatic rings. The van der Waals surface area contributed by atoms with Gasteiger partial charge in [-0.15, -0.1) is 0 Å². The SMILES string of the molecule is Cc1ccc(C(C)C)cc1-c1ncc(C(=O)C(=O)O)[nH]1. The van der Waals surface area contributed by atoms with Gasteiger partial charge in [-0.25, -0.2) is 9.78 Å². The number of aromatic nitrogens is 2. The van der Waals surface area contributed by atoms with Crippen LogP contribution < -0.4 is 0 Å². The van der Waals surface area contributed by atoms with Crippen LogP contribution in [0, 0.1) is 6.92 Å². The van der Waals surface area contributed by atoms with Crippen molar-refractivity contribution in [1.82, 2.24) is 9.97 Å². The van der Waals surface area contributed by atoms with Gasteiger partial charge in [0.25, 0.3) is 5.78 Å². The van der Waals surface area contributed by atoms with E-state index in [0.717, 1.165) is 16.7 Å². The first-order valence-electron chi connectivity index (χ1n) is 6.33. The predicted molar refractivity (Wildman–Crippen MR) is 74.8 cm³/mol. The van der Waals surface area contributed by atoms with E-state index in [1.54, 1.807) is 0 Å². The van der Waals surface area contributed by atoms with E-state index in [1.165, 1.54) is 6.20 Å². The minimum Gasteiger partial charge on any atom is -0.475 e. The molecule has 0 bridgehead atoms. The first-order valence-corrected chi connectivity index (χ1v) is 6.33. The first-order chi connectivity index (χ1) is 9.40. The number of benzene rings is 1. The second-order valence-electron chi connectivity index (χ2n) is 5.01. The Hall–Kier alpha value is -2.43. The van der Waals surface area contributed by atoms with Crippen LogP contribution >= 0.6 is 0 Å². The second-order valence-corrected chi connectivity index (χ2v) is 5.01. The van der Waals surface area contributed by atoms with Crippen LogP contribution in [0.15, 0.2) is 24.4 Å². The van der Waals surface area contributed by atoms with Gasteiger partial charge in [0, 0.05) is 5.56 Å². The fourth-order valence-electron chi connectivity index (χ4n) is 1.94. The second kappa shape index (κ2) is 5.28. The van der Waals surface area contributed by atoms with Crippen molar-refractivity contribution in [3.05, 3.63) is 41.2 Å². The number of carbonyl (C=O) groups excluding carboxylic acids is 1. The molecule has 0 aliphatic carbocycles. The third-order valence-corrected chi connectivity index (χ3v) is 3.20. The van der Waals surface area contributed by atoms with Gasteiger partial charge < -0.3 is 10.1 Å². The smallest absolute Gasteiger partial charge is 0.378 e. The number of nitrogens with zero attached hydrogens (tertiary/aromatic N) is 1. The van der Waals surface area contributed by atoms with Crippen LogP contribution in [0.1, 0.15) is 41.4 Å². The minimum atomic E-state index is -1.49. The average Bonchev–Trinajstić information content (AvgIpc) is 2.87. The number of imidazole rings is 1. The van der Waals surface area contributed by atoms with E-state index in [1.807, 2.05) is 19.1 Å². The predicted octanol–water partition coefficient (Wildman–Crippen LogP) is 2.78. The highest BCUT2D eigenvalue weighted by atomic mass is 16.4. The molecule has 1 heterocycles. The number of aliphatic carboxylic acids is 1. The summed E-state index contributed by atoms with van der Waals surface area (Å²) >= 11 is 0. The summed E-state index contributed by atoms with van der Waals surface area (Å²) in [4.78, 5) is 28.9. The summed E-state index contributed by atoms with van der Waals surface area (Å²) in [6.07, 6.45) is 1.26. The maximum absolute atomic E-state index is 11.4. The Morgan fingerprint density at radius 2 is 2.00 bits per heavy atom. The van der Waals surface area contributed by atoms with Crippen molar-refractivity contribution in [2.24, 2.45) is 0 Å². The molecule has 0 atom stereocenters. The normalized spacial score (nSPS) is 10.8. The van der Waals surface area contributed by atoms with Crippen molar-refractivity contribution >= 4 is 11.8 Å². The molecule has 0 saturated carbocycles. The topological polar surface area (TPSA) is 83.1 Å². The minimum absolute atomic E-state index is 0.0122. The number of hydrogen-bond donors (Lipinski definition) is 2. The molecule has 104 valence electrons. The van der Waals surface area contributed by atoms with Crippen LogP contribution in [0.3, 0.4) is 0 Å². The highest BCUT2D eigenvalue weighted by molar-refractivity contribution is 6.39. The lowest BCUT2D eigenvalue weighted by Gasteiger charge is -2.09. The van der Waals surface area contributed by atoms with Crippen LogP contribution in [0.2, 0.25) is 0 Å². The van der Waals surface area contributed by atoms with Crippen LogP contribution in [0.25, 0.3) is 11.4 Å². The molecule has 0 radical (unpaired) electrons. The van der Waals surface area contributed by atoms with Gasteiger partial charge in [0.05, 0.1) is 6.20 Å². The zero-order valence-electron chi connectivity index (χ0n) is 11.6. The number of ketones is 1. The van der Waals surface area contributed by atoms with Crippen molar-refractivity contribution in [2.75, 3.05) is 0 Å². The van der Waals surface area contributed by atoms with Crippen molar-refractivity contribution in [2.45, 2.75) is 26.7 Å². The number of rotatable bonds is 4. The molecule has 0 fully saturated rings. The van der Waals surface area contributed by atoms with E-state index in [0.29, 0.717) is 11.7 Å². The number of carboxylic acids is 1. The Balaban J connectivity index is 2.44. The van der Waals surface area contributed by atoms with E-state index in [-0.39, 0.29) is 5.69 Å². The van der Waals surface area contributed by atoms with Crippen molar-refractivity contribution in [3.8, 4) is 11.4 Å². The molecule has 2 N–H and O–H groups in total. The summed E-state index contributed by atoms with van der Waals surface area (Å²) in [5, 5.41) is 8.69. The lowest BCUT2D eigenvalue weighted by atomic mass is 9.97. The summed E-state index contributed by atoms with van der Waals surface area (Å²) in [5.74, 6) is -1.59. The van der Waals surface area contributed by atoms with E-state index in [4.69, 9.17) is 5.11 Å². The number of Topliss-reactive ketones (excluding diaryl/α,β-unsaturated/α-hetero) is 1. The molecule has 0 aliphatic heterocycles. The zero-order chi connectivity index (χ0) is 14.9. The Kier molecular flexibility index (Phi) is 3.70. The van der Waals surface area contributed by atoms with Crippen LogP contribution in [0.5, 0.6) is 0 Å².